The van der Waals surface area contributed by atoms with Crippen LogP contribution in [0.25, 0.3) is 0 Å². The molecule has 0 atom stereocenters. The molecule has 0 aliphatic rings. The Kier molecular flexibility index (Phi) is 5.98. The van der Waals surface area contributed by atoms with Crippen molar-refractivity contribution < 1.29 is 9.53 Å². The molecule has 1 heterocycles. The van der Waals surface area contributed by atoms with Gasteiger partial charge in [0.2, 0.25) is 5.56 Å². The fraction of sp³-hybridized carbons (Fsp3) is 0.455. The molecular weight excluding hydrogens is 222 g/mol. The first-order valence-electron chi connectivity index (χ1n) is 5.49. The Morgan fingerprint density at radius 2 is 2.29 bits per heavy atom. The summed E-state index contributed by atoms with van der Waals surface area (Å²) in [6.07, 6.45) is 2.16. The molecule has 0 radical (unpaired) electrons. The molecule has 94 valence electrons. The van der Waals surface area contributed by atoms with E-state index in [1.54, 1.807) is 6.07 Å². The first-order chi connectivity index (χ1) is 8.24. The van der Waals surface area contributed by atoms with Crippen LogP contribution in [0.2, 0.25) is 0 Å². The highest BCUT2D eigenvalue weighted by molar-refractivity contribution is 5.93. The lowest BCUT2D eigenvalue weighted by atomic mass is 10.2. The van der Waals surface area contributed by atoms with E-state index in [-0.39, 0.29) is 11.5 Å². The number of H-pyrrole nitrogens is 1. The number of hydrogen-bond donors (Lipinski definition) is 3. The van der Waals surface area contributed by atoms with Crippen LogP contribution in [0, 0.1) is 0 Å². The summed E-state index contributed by atoms with van der Waals surface area (Å²) in [6.45, 7) is 2.10. The SMILES string of the molecule is NCCOCCCNC(=O)c1cc[nH]c(=O)c1. The fourth-order valence-electron chi connectivity index (χ4n) is 1.25. The number of carbonyl (C=O) groups is 1. The normalized spacial score (nSPS) is 10.2. The van der Waals surface area contributed by atoms with E-state index in [0.717, 1.165) is 6.42 Å². The van der Waals surface area contributed by atoms with E-state index in [2.05, 4.69) is 10.3 Å². The van der Waals surface area contributed by atoms with Gasteiger partial charge in [0, 0.05) is 37.5 Å². The molecule has 0 saturated heterocycles. The molecular formula is C11H17N3O3. The van der Waals surface area contributed by atoms with Crippen LogP contribution >= 0.6 is 0 Å². The van der Waals surface area contributed by atoms with Gasteiger partial charge in [-0.3, -0.25) is 9.59 Å². The third-order valence-corrected chi connectivity index (χ3v) is 2.05. The van der Waals surface area contributed by atoms with Crippen molar-refractivity contribution in [1.82, 2.24) is 10.3 Å². The van der Waals surface area contributed by atoms with Crippen LogP contribution in [-0.4, -0.2) is 37.2 Å². The zero-order valence-electron chi connectivity index (χ0n) is 9.57. The van der Waals surface area contributed by atoms with Crippen molar-refractivity contribution in [2.45, 2.75) is 6.42 Å². The first kappa shape index (κ1) is 13.4. The van der Waals surface area contributed by atoms with Crippen LogP contribution in [0.5, 0.6) is 0 Å². The second-order valence-electron chi connectivity index (χ2n) is 3.45. The summed E-state index contributed by atoms with van der Waals surface area (Å²) in [6, 6.07) is 2.82. The minimum absolute atomic E-state index is 0.255. The highest BCUT2D eigenvalue weighted by Crippen LogP contribution is 1.92. The Morgan fingerprint density at radius 3 is 3.00 bits per heavy atom. The molecule has 0 aromatic carbocycles. The van der Waals surface area contributed by atoms with Crippen molar-refractivity contribution in [1.29, 1.82) is 0 Å². The summed E-state index contributed by atoms with van der Waals surface area (Å²) in [4.78, 5) is 25.0. The summed E-state index contributed by atoms with van der Waals surface area (Å²) in [5, 5.41) is 2.70. The minimum atomic E-state index is -0.288. The highest BCUT2D eigenvalue weighted by Gasteiger charge is 2.04. The van der Waals surface area contributed by atoms with E-state index in [4.69, 9.17) is 10.5 Å². The number of pyridine rings is 1. The lowest BCUT2D eigenvalue weighted by Crippen LogP contribution is -2.26. The maximum atomic E-state index is 11.6. The van der Waals surface area contributed by atoms with Crippen molar-refractivity contribution in [2.75, 3.05) is 26.3 Å². The van der Waals surface area contributed by atoms with Gasteiger partial charge in [0.05, 0.1) is 6.61 Å². The molecule has 0 aliphatic carbocycles. The monoisotopic (exact) mass is 239 g/mol. The van der Waals surface area contributed by atoms with Gasteiger partial charge in [-0.1, -0.05) is 0 Å². The Morgan fingerprint density at radius 1 is 1.47 bits per heavy atom. The molecule has 0 fully saturated rings. The van der Waals surface area contributed by atoms with Crippen molar-refractivity contribution >= 4 is 5.91 Å². The number of nitrogens with one attached hydrogen (secondary N) is 2. The van der Waals surface area contributed by atoms with Gasteiger partial charge in [-0.15, -0.1) is 0 Å². The lowest BCUT2D eigenvalue weighted by Gasteiger charge is -2.05. The molecule has 0 spiro atoms. The van der Waals surface area contributed by atoms with E-state index in [9.17, 15) is 9.59 Å². The van der Waals surface area contributed by atoms with E-state index >= 15 is 0 Å². The molecule has 1 aromatic rings. The summed E-state index contributed by atoms with van der Waals surface area (Å²) in [7, 11) is 0. The van der Waals surface area contributed by atoms with Crippen molar-refractivity contribution in [3.05, 3.63) is 34.2 Å². The maximum Gasteiger partial charge on any atom is 0.251 e. The van der Waals surface area contributed by atoms with Crippen LogP contribution in [0.1, 0.15) is 16.8 Å². The molecule has 1 aromatic heterocycles. The number of carbonyl (C=O) groups excluding carboxylic acids is 1. The van der Waals surface area contributed by atoms with Gasteiger partial charge in [0.25, 0.3) is 5.91 Å². The quantitative estimate of drug-likeness (QED) is 0.557. The lowest BCUT2D eigenvalue weighted by molar-refractivity contribution is 0.0943. The van der Waals surface area contributed by atoms with Gasteiger partial charge >= 0.3 is 0 Å². The summed E-state index contributed by atoms with van der Waals surface area (Å²) < 4.78 is 5.16. The van der Waals surface area contributed by atoms with E-state index in [0.29, 0.717) is 31.9 Å². The van der Waals surface area contributed by atoms with E-state index < -0.39 is 0 Å². The second kappa shape index (κ2) is 7.59. The Bertz CT molecular complexity index is 403. The number of nitrogens with two attached hydrogens (primary N) is 1. The predicted octanol–water partition coefficient (Wildman–Crippen LogP) is -0.530. The van der Waals surface area contributed by atoms with E-state index in [1.807, 2.05) is 0 Å². The number of ether oxygens (including phenoxy) is 1. The number of hydrogen-bond acceptors (Lipinski definition) is 4. The van der Waals surface area contributed by atoms with Gasteiger partial charge in [-0.25, -0.2) is 0 Å². The molecule has 1 rings (SSSR count). The smallest absolute Gasteiger partial charge is 0.251 e. The Hall–Kier alpha value is -1.66. The highest BCUT2D eigenvalue weighted by atomic mass is 16.5. The van der Waals surface area contributed by atoms with Gasteiger partial charge in [-0.2, -0.15) is 0 Å². The van der Waals surface area contributed by atoms with Crippen LogP contribution in [0.3, 0.4) is 0 Å². The van der Waals surface area contributed by atoms with Crippen molar-refractivity contribution in [2.24, 2.45) is 5.73 Å². The summed E-state index contributed by atoms with van der Waals surface area (Å²) >= 11 is 0. The summed E-state index contributed by atoms with van der Waals surface area (Å²) in [5.74, 6) is -0.255. The average Bonchev–Trinajstić information content (AvgIpc) is 2.33. The molecule has 0 bridgehead atoms. The molecule has 0 saturated carbocycles. The molecule has 6 nitrogen and oxygen atoms in total. The number of aromatic amines is 1. The third-order valence-electron chi connectivity index (χ3n) is 2.05. The Labute approximate surface area is 99.2 Å². The fourth-order valence-corrected chi connectivity index (χ4v) is 1.25. The zero-order chi connectivity index (χ0) is 12.5. The standard InChI is InChI=1S/C11H17N3O3/c12-3-7-17-6-1-4-14-11(16)9-2-5-13-10(15)8-9/h2,5,8H,1,3-4,6-7,12H2,(H,13,15)(H,14,16). The molecule has 0 unspecified atom stereocenters. The molecule has 4 N–H and O–H groups in total. The van der Waals surface area contributed by atoms with Gasteiger partial charge in [0.1, 0.15) is 0 Å². The van der Waals surface area contributed by atoms with Gasteiger partial charge in [-0.05, 0) is 12.5 Å². The molecule has 17 heavy (non-hydrogen) atoms. The van der Waals surface area contributed by atoms with Crippen LogP contribution in [0.15, 0.2) is 23.1 Å². The summed E-state index contributed by atoms with van der Waals surface area (Å²) in [5.41, 5.74) is 5.32. The largest absolute Gasteiger partial charge is 0.380 e. The van der Waals surface area contributed by atoms with Gasteiger partial charge in [0.15, 0.2) is 0 Å². The number of amides is 1. The number of rotatable bonds is 7. The zero-order valence-corrected chi connectivity index (χ0v) is 9.57. The molecule has 1 amide bonds. The molecule has 6 heteroatoms. The van der Waals surface area contributed by atoms with Crippen LogP contribution in [-0.2, 0) is 4.74 Å². The van der Waals surface area contributed by atoms with Gasteiger partial charge < -0.3 is 20.8 Å². The Balaban J connectivity index is 2.24. The van der Waals surface area contributed by atoms with E-state index in [1.165, 1.54) is 12.3 Å². The number of aromatic nitrogens is 1. The third kappa shape index (κ3) is 5.28. The maximum absolute atomic E-state index is 11.6. The topological polar surface area (TPSA) is 97.2 Å². The average molecular weight is 239 g/mol. The van der Waals surface area contributed by atoms with Crippen LogP contribution in [0.4, 0.5) is 0 Å². The first-order valence-corrected chi connectivity index (χ1v) is 5.49. The minimum Gasteiger partial charge on any atom is -0.380 e. The van der Waals surface area contributed by atoms with Crippen molar-refractivity contribution in [3.63, 3.8) is 0 Å². The second-order valence-corrected chi connectivity index (χ2v) is 3.45. The molecule has 0 aliphatic heterocycles. The van der Waals surface area contributed by atoms with Crippen LogP contribution < -0.4 is 16.6 Å². The van der Waals surface area contributed by atoms with Crippen molar-refractivity contribution in [3.8, 4) is 0 Å². The predicted molar refractivity (Wildman–Crippen MR) is 63.9 cm³/mol.